The van der Waals surface area contributed by atoms with E-state index >= 15 is 0 Å². The van der Waals surface area contributed by atoms with E-state index in [-0.39, 0.29) is 6.04 Å². The maximum atomic E-state index is 5.50. The molecule has 0 spiro atoms. The van der Waals surface area contributed by atoms with Crippen LogP contribution in [0.25, 0.3) is 0 Å². The Hall–Kier alpha value is -1.01. The molecular weight excluding hydrogens is 230 g/mol. The molecule has 0 aromatic carbocycles. The molecule has 102 valence electrons. The first kappa shape index (κ1) is 15.0. The molecule has 0 saturated carbocycles. The van der Waals surface area contributed by atoms with Crippen molar-refractivity contribution >= 4 is 0 Å². The molecule has 1 unspecified atom stereocenters. The molecular formula is C13H23N3O2. The quantitative estimate of drug-likeness (QED) is 0.385. The number of nitrogens with zero attached hydrogens (tertiary/aromatic N) is 1. The largest absolute Gasteiger partial charge is 0.382 e. The number of ether oxygens (including phenoxy) is 2. The van der Waals surface area contributed by atoms with Gasteiger partial charge in [-0.2, -0.15) is 0 Å². The number of hydrogen-bond acceptors (Lipinski definition) is 5. The van der Waals surface area contributed by atoms with E-state index in [1.807, 2.05) is 12.3 Å². The summed E-state index contributed by atoms with van der Waals surface area (Å²) in [6.07, 6.45) is 3.67. The first-order chi connectivity index (χ1) is 8.80. The summed E-state index contributed by atoms with van der Waals surface area (Å²) in [4.78, 5) is 4.41. The van der Waals surface area contributed by atoms with Gasteiger partial charge in [0, 0.05) is 31.5 Å². The second-order valence-corrected chi connectivity index (χ2v) is 4.15. The van der Waals surface area contributed by atoms with Gasteiger partial charge in [-0.05, 0) is 18.1 Å². The Morgan fingerprint density at radius 1 is 1.39 bits per heavy atom. The molecule has 3 N–H and O–H groups in total. The van der Waals surface area contributed by atoms with Crippen LogP contribution in [0.5, 0.6) is 0 Å². The summed E-state index contributed by atoms with van der Waals surface area (Å²) in [5.41, 5.74) is 5.01. The van der Waals surface area contributed by atoms with Gasteiger partial charge in [0.2, 0.25) is 0 Å². The fourth-order valence-electron chi connectivity index (χ4n) is 1.57. The van der Waals surface area contributed by atoms with E-state index in [2.05, 4.69) is 23.4 Å². The highest BCUT2D eigenvalue weighted by Gasteiger charge is 2.08. The Balaban J connectivity index is 2.36. The topological polar surface area (TPSA) is 69.4 Å². The maximum Gasteiger partial charge on any atom is 0.0701 e. The number of methoxy groups -OCH3 is 1. The van der Waals surface area contributed by atoms with Crippen molar-refractivity contribution in [2.24, 2.45) is 5.84 Å². The molecule has 5 heteroatoms. The highest BCUT2D eigenvalue weighted by Crippen LogP contribution is 2.04. The summed E-state index contributed by atoms with van der Waals surface area (Å²) in [5.74, 6) is 5.50. The number of aromatic nitrogens is 1. The molecule has 18 heavy (non-hydrogen) atoms. The molecule has 0 aliphatic carbocycles. The Labute approximate surface area is 109 Å². The molecule has 0 aliphatic heterocycles. The molecule has 1 atom stereocenters. The fraction of sp³-hybridized carbons (Fsp3) is 0.615. The van der Waals surface area contributed by atoms with E-state index in [0.717, 1.165) is 18.5 Å². The van der Waals surface area contributed by atoms with Gasteiger partial charge in [-0.3, -0.25) is 16.3 Å². The average molecular weight is 253 g/mol. The van der Waals surface area contributed by atoms with Crippen LogP contribution in [-0.4, -0.2) is 38.0 Å². The number of nitrogens with two attached hydrogens (primary N) is 1. The number of rotatable bonds is 9. The van der Waals surface area contributed by atoms with Crippen molar-refractivity contribution in [1.82, 2.24) is 10.4 Å². The first-order valence-corrected chi connectivity index (χ1v) is 6.26. The molecule has 0 bridgehead atoms. The number of nitrogens with one attached hydrogen (secondary N) is 1. The molecule has 1 aromatic rings. The highest BCUT2D eigenvalue weighted by atomic mass is 16.5. The summed E-state index contributed by atoms with van der Waals surface area (Å²) in [6, 6.07) is 4.21. The molecule has 0 aliphatic rings. The van der Waals surface area contributed by atoms with E-state index in [4.69, 9.17) is 15.3 Å². The Morgan fingerprint density at radius 2 is 2.22 bits per heavy atom. The van der Waals surface area contributed by atoms with E-state index < -0.39 is 0 Å². The van der Waals surface area contributed by atoms with Gasteiger partial charge in [-0.25, -0.2) is 0 Å². The van der Waals surface area contributed by atoms with Gasteiger partial charge in [-0.15, -0.1) is 0 Å². The van der Waals surface area contributed by atoms with Crippen LogP contribution in [0.1, 0.15) is 18.2 Å². The van der Waals surface area contributed by atoms with Crippen LogP contribution in [0, 0.1) is 0 Å². The fourth-order valence-corrected chi connectivity index (χ4v) is 1.57. The lowest BCUT2D eigenvalue weighted by Crippen LogP contribution is -2.40. The minimum atomic E-state index is 0.0711. The number of aryl methyl sites for hydroxylation is 1. The maximum absolute atomic E-state index is 5.50. The van der Waals surface area contributed by atoms with Crippen molar-refractivity contribution in [2.45, 2.75) is 25.8 Å². The smallest absolute Gasteiger partial charge is 0.0701 e. The molecule has 0 fully saturated rings. The number of hydrogen-bond donors (Lipinski definition) is 2. The molecule has 0 saturated heterocycles. The van der Waals surface area contributed by atoms with Crippen LogP contribution in [0.15, 0.2) is 18.3 Å². The summed E-state index contributed by atoms with van der Waals surface area (Å²) in [6.45, 7) is 3.85. The monoisotopic (exact) mass is 253 g/mol. The Bertz CT molecular complexity index is 317. The van der Waals surface area contributed by atoms with Crippen molar-refractivity contribution < 1.29 is 9.47 Å². The second-order valence-electron chi connectivity index (χ2n) is 4.15. The third-order valence-corrected chi connectivity index (χ3v) is 2.74. The van der Waals surface area contributed by atoms with Crippen molar-refractivity contribution in [1.29, 1.82) is 0 Å². The van der Waals surface area contributed by atoms with Gasteiger partial charge in [0.1, 0.15) is 0 Å². The molecule has 1 heterocycles. The third kappa shape index (κ3) is 5.55. The van der Waals surface area contributed by atoms with Gasteiger partial charge in [0.25, 0.3) is 0 Å². The first-order valence-electron chi connectivity index (χ1n) is 6.26. The van der Waals surface area contributed by atoms with Crippen molar-refractivity contribution in [3.8, 4) is 0 Å². The van der Waals surface area contributed by atoms with Crippen molar-refractivity contribution in [2.75, 3.05) is 26.9 Å². The predicted molar refractivity (Wildman–Crippen MR) is 71.1 cm³/mol. The molecule has 0 radical (unpaired) electrons. The van der Waals surface area contributed by atoms with Gasteiger partial charge in [0.05, 0.1) is 19.8 Å². The van der Waals surface area contributed by atoms with Gasteiger partial charge in [0.15, 0.2) is 0 Å². The zero-order chi connectivity index (χ0) is 13.2. The minimum Gasteiger partial charge on any atom is -0.382 e. The molecule has 0 amide bonds. The van der Waals surface area contributed by atoms with Crippen LogP contribution >= 0.6 is 0 Å². The summed E-state index contributed by atoms with van der Waals surface area (Å²) in [7, 11) is 1.65. The number of hydrazine groups is 1. The predicted octanol–water partition coefficient (Wildman–Crippen LogP) is 0.681. The Morgan fingerprint density at radius 3 is 2.78 bits per heavy atom. The van der Waals surface area contributed by atoms with Crippen molar-refractivity contribution in [3.63, 3.8) is 0 Å². The molecule has 5 nitrogen and oxygen atoms in total. The van der Waals surface area contributed by atoms with Gasteiger partial charge >= 0.3 is 0 Å². The van der Waals surface area contributed by atoms with E-state index in [1.165, 1.54) is 5.56 Å². The normalized spacial score (nSPS) is 12.6. The van der Waals surface area contributed by atoms with Gasteiger partial charge < -0.3 is 9.47 Å². The van der Waals surface area contributed by atoms with Crippen LogP contribution in [0.4, 0.5) is 0 Å². The zero-order valence-corrected chi connectivity index (χ0v) is 11.2. The second kappa shape index (κ2) is 8.99. The molecule has 1 rings (SSSR count). The highest BCUT2D eigenvalue weighted by molar-refractivity contribution is 5.14. The third-order valence-electron chi connectivity index (χ3n) is 2.74. The standard InChI is InChI=1S/C13H23N3O2/c1-3-11-4-5-12(15-9-11)8-13(16-14)10-18-7-6-17-2/h4-5,9,13,16H,3,6-8,10,14H2,1-2H3. The van der Waals surface area contributed by atoms with Crippen LogP contribution in [0.2, 0.25) is 0 Å². The van der Waals surface area contributed by atoms with Crippen LogP contribution in [-0.2, 0) is 22.3 Å². The summed E-state index contributed by atoms with van der Waals surface area (Å²) >= 11 is 0. The van der Waals surface area contributed by atoms with E-state index in [1.54, 1.807) is 7.11 Å². The van der Waals surface area contributed by atoms with Crippen LogP contribution < -0.4 is 11.3 Å². The van der Waals surface area contributed by atoms with E-state index in [9.17, 15) is 0 Å². The van der Waals surface area contributed by atoms with E-state index in [0.29, 0.717) is 19.8 Å². The lowest BCUT2D eigenvalue weighted by molar-refractivity contribution is 0.0586. The summed E-state index contributed by atoms with van der Waals surface area (Å²) < 4.78 is 10.4. The summed E-state index contributed by atoms with van der Waals surface area (Å²) in [5, 5.41) is 0. The average Bonchev–Trinajstić information content (AvgIpc) is 2.43. The molecule has 1 aromatic heterocycles. The zero-order valence-electron chi connectivity index (χ0n) is 11.2. The Kier molecular flexibility index (Phi) is 7.52. The lowest BCUT2D eigenvalue weighted by atomic mass is 10.1. The number of pyridine rings is 1. The van der Waals surface area contributed by atoms with Crippen LogP contribution in [0.3, 0.4) is 0 Å². The SMILES string of the molecule is CCc1ccc(CC(COCCOC)NN)nc1. The minimum absolute atomic E-state index is 0.0711. The van der Waals surface area contributed by atoms with Crippen molar-refractivity contribution in [3.05, 3.63) is 29.6 Å². The van der Waals surface area contributed by atoms with Gasteiger partial charge in [-0.1, -0.05) is 13.0 Å². The lowest BCUT2D eigenvalue weighted by Gasteiger charge is -2.15.